The van der Waals surface area contributed by atoms with Crippen LogP contribution >= 0.6 is 0 Å². The molecule has 1 heterocycles. The average molecular weight is 165 g/mol. The van der Waals surface area contributed by atoms with Gasteiger partial charge in [-0.05, 0) is 13.3 Å². The molecule has 0 spiro atoms. The van der Waals surface area contributed by atoms with E-state index in [9.17, 15) is 4.79 Å². The Hall–Kier alpha value is -0.970. The highest BCUT2D eigenvalue weighted by Crippen LogP contribution is 2.16. The molecule has 66 valence electrons. The summed E-state index contributed by atoms with van der Waals surface area (Å²) in [5.41, 5.74) is 0. The number of likely N-dealkylation sites (tertiary alicyclic amines) is 1. The van der Waals surface area contributed by atoms with E-state index < -0.39 is 0 Å². The number of rotatable bonds is 1. The molecule has 2 nitrogen and oxygen atoms in total. The van der Waals surface area contributed by atoms with Crippen LogP contribution in [0.4, 0.5) is 0 Å². The first-order valence-electron chi connectivity index (χ1n) is 4.51. The number of hydrogen-bond acceptors (Lipinski definition) is 1. The van der Waals surface area contributed by atoms with Gasteiger partial charge in [-0.2, -0.15) is 0 Å². The fourth-order valence-corrected chi connectivity index (χ4v) is 1.39. The molecule has 1 fully saturated rings. The van der Waals surface area contributed by atoms with Crippen molar-refractivity contribution in [2.75, 3.05) is 6.54 Å². The highest BCUT2D eigenvalue weighted by atomic mass is 16.2. The number of carbonyl (C=O) groups excluding carboxylic acids is 1. The Labute approximate surface area is 73.9 Å². The van der Waals surface area contributed by atoms with Crippen LogP contribution in [0.2, 0.25) is 0 Å². The first-order valence-corrected chi connectivity index (χ1v) is 4.51. The van der Waals surface area contributed by atoms with Crippen molar-refractivity contribution >= 4 is 5.91 Å². The van der Waals surface area contributed by atoms with Gasteiger partial charge in [0.25, 0.3) is 0 Å². The molecular formula is C10H15NO. The van der Waals surface area contributed by atoms with Crippen LogP contribution < -0.4 is 0 Å². The molecule has 0 aromatic heterocycles. The zero-order valence-electron chi connectivity index (χ0n) is 7.76. The lowest BCUT2D eigenvalue weighted by molar-refractivity contribution is -0.128. The van der Waals surface area contributed by atoms with Gasteiger partial charge in [0.05, 0.1) is 6.54 Å². The van der Waals surface area contributed by atoms with E-state index in [0.717, 1.165) is 12.8 Å². The van der Waals surface area contributed by atoms with E-state index in [1.807, 2.05) is 11.8 Å². The van der Waals surface area contributed by atoms with Crippen LogP contribution in [0.25, 0.3) is 0 Å². The summed E-state index contributed by atoms with van der Waals surface area (Å²) in [6, 6.07) is 0.392. The minimum atomic E-state index is 0.257. The third-order valence-corrected chi connectivity index (χ3v) is 2.18. The zero-order chi connectivity index (χ0) is 8.97. The van der Waals surface area contributed by atoms with Crippen molar-refractivity contribution in [1.29, 1.82) is 0 Å². The second-order valence-corrected chi connectivity index (χ2v) is 3.12. The predicted molar refractivity (Wildman–Crippen MR) is 48.5 cm³/mol. The van der Waals surface area contributed by atoms with Crippen molar-refractivity contribution in [2.45, 2.75) is 39.2 Å². The predicted octanol–water partition coefficient (Wildman–Crippen LogP) is 1.41. The van der Waals surface area contributed by atoms with Gasteiger partial charge < -0.3 is 4.90 Å². The summed E-state index contributed by atoms with van der Waals surface area (Å²) in [6.45, 7) is 4.72. The fourth-order valence-electron chi connectivity index (χ4n) is 1.39. The van der Waals surface area contributed by atoms with Crippen molar-refractivity contribution in [3.63, 3.8) is 0 Å². The Morgan fingerprint density at radius 2 is 2.33 bits per heavy atom. The summed E-state index contributed by atoms with van der Waals surface area (Å²) in [5, 5.41) is 0. The molecule has 1 aliphatic heterocycles. The topological polar surface area (TPSA) is 20.3 Å². The number of amides is 1. The molecule has 0 saturated carbocycles. The van der Waals surface area contributed by atoms with Crippen LogP contribution in [-0.2, 0) is 4.79 Å². The third kappa shape index (κ3) is 2.01. The maximum absolute atomic E-state index is 11.2. The fraction of sp³-hybridized carbons (Fsp3) is 0.700. The van der Waals surface area contributed by atoms with Gasteiger partial charge in [-0.1, -0.05) is 12.8 Å². The van der Waals surface area contributed by atoms with E-state index in [-0.39, 0.29) is 5.91 Å². The van der Waals surface area contributed by atoms with Crippen LogP contribution in [0, 0.1) is 11.8 Å². The second kappa shape index (κ2) is 4.15. The highest BCUT2D eigenvalue weighted by molar-refractivity contribution is 5.78. The van der Waals surface area contributed by atoms with Gasteiger partial charge in [0.2, 0.25) is 5.91 Å². The minimum Gasteiger partial charge on any atom is -0.329 e. The molecule has 12 heavy (non-hydrogen) atoms. The van der Waals surface area contributed by atoms with Gasteiger partial charge in [-0.25, -0.2) is 0 Å². The van der Waals surface area contributed by atoms with Crippen molar-refractivity contribution in [2.24, 2.45) is 0 Å². The number of hydrogen-bond donors (Lipinski definition) is 0. The maximum Gasteiger partial charge on any atom is 0.223 e. The van der Waals surface area contributed by atoms with Crippen molar-refractivity contribution < 1.29 is 4.79 Å². The largest absolute Gasteiger partial charge is 0.329 e. The Morgan fingerprint density at radius 1 is 1.58 bits per heavy atom. The molecule has 2 heteroatoms. The van der Waals surface area contributed by atoms with E-state index in [0.29, 0.717) is 19.0 Å². The van der Waals surface area contributed by atoms with Gasteiger partial charge in [-0.3, -0.25) is 4.79 Å². The summed E-state index contributed by atoms with van der Waals surface area (Å²) in [6.07, 6.45) is 2.57. The van der Waals surface area contributed by atoms with E-state index in [2.05, 4.69) is 18.8 Å². The van der Waals surface area contributed by atoms with E-state index in [1.165, 1.54) is 0 Å². The van der Waals surface area contributed by atoms with Crippen molar-refractivity contribution in [3.05, 3.63) is 0 Å². The number of nitrogens with zero attached hydrogens (tertiary/aromatic N) is 1. The van der Waals surface area contributed by atoms with Crippen LogP contribution in [0.3, 0.4) is 0 Å². The van der Waals surface area contributed by atoms with Crippen LogP contribution in [-0.4, -0.2) is 23.4 Å². The monoisotopic (exact) mass is 165 g/mol. The molecule has 1 aliphatic rings. The summed E-state index contributed by atoms with van der Waals surface area (Å²) in [7, 11) is 0. The summed E-state index contributed by atoms with van der Waals surface area (Å²) in [4.78, 5) is 13.1. The van der Waals surface area contributed by atoms with Gasteiger partial charge in [0, 0.05) is 18.9 Å². The summed E-state index contributed by atoms with van der Waals surface area (Å²) >= 11 is 0. The van der Waals surface area contributed by atoms with Crippen LogP contribution in [0.5, 0.6) is 0 Å². The third-order valence-electron chi connectivity index (χ3n) is 2.18. The second-order valence-electron chi connectivity index (χ2n) is 3.12. The van der Waals surface area contributed by atoms with Crippen molar-refractivity contribution in [3.8, 4) is 11.8 Å². The Kier molecular flexibility index (Phi) is 3.16. The molecule has 0 bridgehead atoms. The Balaban J connectivity index is 2.44. The standard InChI is InChI=1S/C10H15NO/c1-3-4-5-8-11-9(2)6-7-10(11)12/h9H,3,6-8H2,1-2H3. The SMILES string of the molecule is CCC#CCN1C(=O)CCC1C. The minimum absolute atomic E-state index is 0.257. The summed E-state index contributed by atoms with van der Waals surface area (Å²) in [5.74, 6) is 6.22. The van der Waals surface area contributed by atoms with Gasteiger partial charge in [-0.15, -0.1) is 5.92 Å². The highest BCUT2D eigenvalue weighted by Gasteiger charge is 2.25. The molecule has 0 aromatic carbocycles. The Morgan fingerprint density at radius 3 is 2.83 bits per heavy atom. The molecular weight excluding hydrogens is 150 g/mol. The normalized spacial score (nSPS) is 22.3. The van der Waals surface area contributed by atoms with Crippen LogP contribution in [0.15, 0.2) is 0 Å². The van der Waals surface area contributed by atoms with Gasteiger partial charge in [0.1, 0.15) is 0 Å². The summed E-state index contributed by atoms with van der Waals surface area (Å²) < 4.78 is 0. The average Bonchev–Trinajstić information content (AvgIpc) is 2.35. The quantitative estimate of drug-likeness (QED) is 0.538. The Bertz CT molecular complexity index is 224. The molecule has 0 radical (unpaired) electrons. The molecule has 1 unspecified atom stereocenters. The first-order chi connectivity index (χ1) is 5.75. The molecule has 1 saturated heterocycles. The van der Waals surface area contributed by atoms with Gasteiger partial charge in [0.15, 0.2) is 0 Å². The molecule has 0 N–H and O–H groups in total. The van der Waals surface area contributed by atoms with E-state index >= 15 is 0 Å². The van der Waals surface area contributed by atoms with Crippen molar-refractivity contribution in [1.82, 2.24) is 4.90 Å². The number of carbonyl (C=O) groups is 1. The smallest absolute Gasteiger partial charge is 0.223 e. The van der Waals surface area contributed by atoms with Crippen LogP contribution in [0.1, 0.15) is 33.1 Å². The lowest BCUT2D eigenvalue weighted by Crippen LogP contribution is -2.31. The lowest BCUT2D eigenvalue weighted by Gasteiger charge is -2.17. The van der Waals surface area contributed by atoms with E-state index in [4.69, 9.17) is 0 Å². The molecule has 1 atom stereocenters. The maximum atomic E-state index is 11.2. The zero-order valence-corrected chi connectivity index (χ0v) is 7.76. The molecule has 0 aromatic rings. The lowest BCUT2D eigenvalue weighted by atomic mass is 10.2. The molecule has 0 aliphatic carbocycles. The first kappa shape index (κ1) is 9.12. The molecule has 1 amide bonds. The van der Waals surface area contributed by atoms with E-state index in [1.54, 1.807) is 0 Å². The van der Waals surface area contributed by atoms with Gasteiger partial charge >= 0.3 is 0 Å². The molecule has 1 rings (SSSR count).